The van der Waals surface area contributed by atoms with Crippen molar-refractivity contribution in [3.8, 4) is 12.3 Å². The van der Waals surface area contributed by atoms with Gasteiger partial charge in [0, 0.05) is 13.3 Å². The normalized spacial score (nSPS) is 33.5. The maximum absolute atomic E-state index is 11.1. The molecule has 0 radical (unpaired) electrons. The molecule has 0 aromatic rings. The van der Waals surface area contributed by atoms with Crippen LogP contribution in [0.4, 0.5) is 0 Å². The largest absolute Gasteiger partial charge is 0.394 e. The minimum Gasteiger partial charge on any atom is -0.394 e. The summed E-state index contributed by atoms with van der Waals surface area (Å²) in [5.74, 6) is 2.08. The van der Waals surface area contributed by atoms with Crippen LogP contribution in [0.2, 0.25) is 0 Å². The number of ether oxygens (including phenoxy) is 2. The fraction of sp³-hybridized carbons (Fsp3) is 0.769. The number of hydrogen-bond acceptors (Lipinski definition) is 6. The minimum atomic E-state index is -1.30. The molecule has 7 nitrogen and oxygen atoms in total. The summed E-state index contributed by atoms with van der Waals surface area (Å²) in [4.78, 5) is 11.1. The Kier molecular flexibility index (Phi) is 6.91. The summed E-state index contributed by atoms with van der Waals surface area (Å²) in [6.45, 7) is 1.10. The molecule has 0 unspecified atom stereocenters. The first kappa shape index (κ1) is 16.9. The third-order valence-corrected chi connectivity index (χ3v) is 3.00. The van der Waals surface area contributed by atoms with Gasteiger partial charge in [0.1, 0.15) is 24.4 Å². The molecule has 4 N–H and O–H groups in total. The van der Waals surface area contributed by atoms with Crippen LogP contribution in [0.1, 0.15) is 19.8 Å². The zero-order chi connectivity index (χ0) is 15.1. The van der Waals surface area contributed by atoms with Crippen molar-refractivity contribution in [2.75, 3.05) is 13.2 Å². The van der Waals surface area contributed by atoms with Crippen molar-refractivity contribution in [1.29, 1.82) is 0 Å². The quantitative estimate of drug-likeness (QED) is 0.345. The predicted octanol–water partition coefficient (Wildman–Crippen LogP) is -1.64. The van der Waals surface area contributed by atoms with Gasteiger partial charge in [-0.15, -0.1) is 12.3 Å². The molecule has 0 spiro atoms. The molecular weight excluding hydrogens is 266 g/mol. The Balaban J connectivity index is 2.68. The maximum Gasteiger partial charge on any atom is 0.217 e. The van der Waals surface area contributed by atoms with Gasteiger partial charge in [-0.2, -0.15) is 0 Å². The summed E-state index contributed by atoms with van der Waals surface area (Å²) >= 11 is 0. The lowest BCUT2D eigenvalue weighted by Crippen LogP contribution is -2.64. The van der Waals surface area contributed by atoms with Gasteiger partial charge in [-0.1, -0.05) is 0 Å². The van der Waals surface area contributed by atoms with Gasteiger partial charge in [0.25, 0.3) is 0 Å². The molecule has 1 rings (SSSR count). The molecule has 1 heterocycles. The van der Waals surface area contributed by atoms with Crippen molar-refractivity contribution < 1.29 is 29.6 Å². The Hall–Kier alpha value is -1.17. The third-order valence-electron chi connectivity index (χ3n) is 3.00. The summed E-state index contributed by atoms with van der Waals surface area (Å²) in [5, 5.41) is 31.4. The van der Waals surface area contributed by atoms with Gasteiger partial charge >= 0.3 is 0 Å². The van der Waals surface area contributed by atoms with Gasteiger partial charge in [-0.05, 0) is 6.42 Å². The molecular formula is C13H21NO6. The van der Waals surface area contributed by atoms with E-state index in [2.05, 4.69) is 11.2 Å². The SMILES string of the molecule is C#CCCCO[C@@H]1O[C@H](CO)[C@@H](O)[C@H](O)[C@H]1NC(C)=O. The number of aliphatic hydroxyl groups is 3. The van der Waals surface area contributed by atoms with E-state index in [1.165, 1.54) is 6.92 Å². The van der Waals surface area contributed by atoms with Gasteiger partial charge in [-0.25, -0.2) is 0 Å². The molecule has 1 aliphatic rings. The lowest BCUT2D eigenvalue weighted by molar-refractivity contribution is -0.270. The van der Waals surface area contributed by atoms with Crippen LogP contribution in [0, 0.1) is 12.3 Å². The highest BCUT2D eigenvalue weighted by molar-refractivity contribution is 5.73. The van der Waals surface area contributed by atoms with Crippen LogP contribution in [0.25, 0.3) is 0 Å². The summed E-state index contributed by atoms with van der Waals surface area (Å²) in [7, 11) is 0. The Bertz CT molecular complexity index is 355. The van der Waals surface area contributed by atoms with Gasteiger partial charge in [0.15, 0.2) is 6.29 Å². The van der Waals surface area contributed by atoms with Crippen molar-refractivity contribution in [1.82, 2.24) is 5.32 Å². The maximum atomic E-state index is 11.1. The van der Waals surface area contributed by atoms with Crippen LogP contribution in [0.15, 0.2) is 0 Å². The van der Waals surface area contributed by atoms with Crippen LogP contribution in [0.3, 0.4) is 0 Å². The monoisotopic (exact) mass is 287 g/mol. The second-order valence-corrected chi connectivity index (χ2v) is 4.61. The number of rotatable bonds is 6. The highest BCUT2D eigenvalue weighted by Gasteiger charge is 2.45. The first-order valence-corrected chi connectivity index (χ1v) is 6.46. The van der Waals surface area contributed by atoms with Gasteiger partial charge in [0.05, 0.1) is 13.2 Å². The van der Waals surface area contributed by atoms with Crippen molar-refractivity contribution in [2.24, 2.45) is 0 Å². The predicted molar refractivity (Wildman–Crippen MR) is 69.4 cm³/mol. The van der Waals surface area contributed by atoms with Crippen molar-refractivity contribution in [3.63, 3.8) is 0 Å². The number of terminal acetylenes is 1. The summed E-state index contributed by atoms with van der Waals surface area (Å²) in [5.41, 5.74) is 0. The van der Waals surface area contributed by atoms with Crippen LogP contribution < -0.4 is 5.32 Å². The second-order valence-electron chi connectivity index (χ2n) is 4.61. The third kappa shape index (κ3) is 4.44. The minimum absolute atomic E-state index is 0.284. The van der Waals surface area contributed by atoms with E-state index in [9.17, 15) is 15.0 Å². The number of hydrogen-bond donors (Lipinski definition) is 4. The molecule has 0 aromatic carbocycles. The lowest BCUT2D eigenvalue weighted by atomic mass is 9.97. The molecule has 0 aliphatic carbocycles. The fourth-order valence-corrected chi connectivity index (χ4v) is 1.99. The first-order chi connectivity index (χ1) is 9.51. The van der Waals surface area contributed by atoms with Crippen molar-refractivity contribution in [2.45, 2.75) is 50.4 Å². The molecule has 114 valence electrons. The van der Waals surface area contributed by atoms with E-state index in [1.54, 1.807) is 0 Å². The topological polar surface area (TPSA) is 108 Å². The smallest absolute Gasteiger partial charge is 0.217 e. The fourth-order valence-electron chi connectivity index (χ4n) is 1.99. The van der Waals surface area contributed by atoms with Crippen LogP contribution >= 0.6 is 0 Å². The number of carbonyl (C=O) groups is 1. The molecule has 1 saturated heterocycles. The highest BCUT2D eigenvalue weighted by atomic mass is 16.7. The molecule has 0 aromatic heterocycles. The van der Waals surface area contributed by atoms with E-state index in [0.29, 0.717) is 12.8 Å². The van der Waals surface area contributed by atoms with Crippen molar-refractivity contribution >= 4 is 5.91 Å². The average molecular weight is 287 g/mol. The number of aliphatic hydroxyl groups excluding tert-OH is 3. The molecule has 1 aliphatic heterocycles. The number of amides is 1. The van der Waals surface area contributed by atoms with E-state index < -0.39 is 37.3 Å². The number of carbonyl (C=O) groups excluding carboxylic acids is 1. The van der Waals surface area contributed by atoms with E-state index in [-0.39, 0.29) is 12.5 Å². The summed E-state index contributed by atoms with van der Waals surface area (Å²) < 4.78 is 10.8. The molecule has 1 amide bonds. The zero-order valence-corrected chi connectivity index (χ0v) is 11.4. The molecule has 5 atom stereocenters. The first-order valence-electron chi connectivity index (χ1n) is 6.46. The highest BCUT2D eigenvalue weighted by Crippen LogP contribution is 2.22. The van der Waals surface area contributed by atoms with Crippen LogP contribution in [0.5, 0.6) is 0 Å². The van der Waals surface area contributed by atoms with E-state index in [0.717, 1.165) is 0 Å². The molecule has 20 heavy (non-hydrogen) atoms. The molecule has 7 heteroatoms. The van der Waals surface area contributed by atoms with Crippen LogP contribution in [-0.2, 0) is 14.3 Å². The number of nitrogens with one attached hydrogen (secondary N) is 1. The Morgan fingerprint density at radius 1 is 1.45 bits per heavy atom. The Morgan fingerprint density at radius 3 is 2.70 bits per heavy atom. The van der Waals surface area contributed by atoms with Crippen LogP contribution in [-0.4, -0.2) is 65.1 Å². The van der Waals surface area contributed by atoms with E-state index in [1.807, 2.05) is 0 Å². The van der Waals surface area contributed by atoms with Crippen molar-refractivity contribution in [3.05, 3.63) is 0 Å². The van der Waals surface area contributed by atoms with Gasteiger partial charge in [0.2, 0.25) is 5.91 Å². The zero-order valence-electron chi connectivity index (χ0n) is 11.4. The molecule has 0 saturated carbocycles. The van der Waals surface area contributed by atoms with E-state index >= 15 is 0 Å². The van der Waals surface area contributed by atoms with E-state index in [4.69, 9.17) is 21.0 Å². The molecule has 0 bridgehead atoms. The van der Waals surface area contributed by atoms with Gasteiger partial charge in [-0.3, -0.25) is 4.79 Å². The standard InChI is InChI=1S/C13H21NO6/c1-3-4-5-6-19-13-10(14-8(2)16)12(18)11(17)9(7-15)20-13/h1,9-13,15,17-18H,4-7H2,2H3,(H,14,16)/t9-,10-,11-,12-,13-/m1/s1. The van der Waals surface area contributed by atoms with Gasteiger partial charge < -0.3 is 30.1 Å². The summed E-state index contributed by atoms with van der Waals surface area (Å²) in [6, 6.07) is -0.906. The average Bonchev–Trinajstić information content (AvgIpc) is 2.41. The Morgan fingerprint density at radius 2 is 2.15 bits per heavy atom. The number of unbranched alkanes of at least 4 members (excludes halogenated alkanes) is 1. The lowest BCUT2D eigenvalue weighted by Gasteiger charge is -2.42. The summed E-state index contributed by atoms with van der Waals surface area (Å²) in [6.07, 6.45) is 1.75. The molecule has 1 fully saturated rings. The Labute approximate surface area is 117 Å². The second kappa shape index (κ2) is 8.19.